The van der Waals surface area contributed by atoms with Gasteiger partial charge in [0.1, 0.15) is 5.01 Å². The Morgan fingerprint density at radius 1 is 1.33 bits per heavy atom. The molecule has 0 radical (unpaired) electrons. The number of hydrogen-bond acceptors (Lipinski definition) is 4. The van der Waals surface area contributed by atoms with Crippen LogP contribution in [-0.2, 0) is 19.5 Å². The van der Waals surface area contributed by atoms with Crippen LogP contribution in [0.25, 0.3) is 0 Å². The number of benzene rings is 1. The molecular weight excluding hydrogens is 244 g/mol. The van der Waals surface area contributed by atoms with E-state index in [1.807, 2.05) is 0 Å². The van der Waals surface area contributed by atoms with E-state index >= 15 is 0 Å². The fourth-order valence-corrected chi connectivity index (χ4v) is 3.11. The summed E-state index contributed by atoms with van der Waals surface area (Å²) in [5, 5.41) is 1.02. The summed E-state index contributed by atoms with van der Waals surface area (Å²) in [7, 11) is 0. The number of aromatic nitrogens is 1. The molecule has 0 aliphatic carbocycles. The van der Waals surface area contributed by atoms with Crippen LogP contribution in [0, 0.1) is 0 Å². The molecule has 0 saturated heterocycles. The number of nitrogens with zero attached hydrogens (tertiary/aromatic N) is 2. The highest BCUT2D eigenvalue weighted by molar-refractivity contribution is 7.13. The molecule has 0 bridgehead atoms. The van der Waals surface area contributed by atoms with E-state index in [1.54, 1.807) is 6.20 Å². The van der Waals surface area contributed by atoms with Gasteiger partial charge in [-0.1, -0.05) is 24.3 Å². The summed E-state index contributed by atoms with van der Waals surface area (Å²) in [6.07, 6.45) is 3.62. The molecule has 1 aliphatic heterocycles. The van der Waals surface area contributed by atoms with Crippen molar-refractivity contribution < 1.29 is 4.79 Å². The molecule has 3 rings (SSSR count). The molecule has 1 aliphatic rings. The van der Waals surface area contributed by atoms with Gasteiger partial charge in [0.05, 0.1) is 11.4 Å². The summed E-state index contributed by atoms with van der Waals surface area (Å²) < 4.78 is 0. The Morgan fingerprint density at radius 2 is 2.17 bits per heavy atom. The summed E-state index contributed by atoms with van der Waals surface area (Å²) >= 11 is 1.49. The van der Waals surface area contributed by atoms with Gasteiger partial charge in [-0.3, -0.25) is 9.69 Å². The highest BCUT2D eigenvalue weighted by Crippen LogP contribution is 2.21. The molecule has 3 nitrogen and oxygen atoms in total. The monoisotopic (exact) mass is 258 g/mol. The molecule has 18 heavy (non-hydrogen) atoms. The van der Waals surface area contributed by atoms with Gasteiger partial charge in [0, 0.05) is 19.3 Å². The van der Waals surface area contributed by atoms with Gasteiger partial charge in [0.25, 0.3) is 0 Å². The van der Waals surface area contributed by atoms with Gasteiger partial charge >= 0.3 is 0 Å². The number of thiazole rings is 1. The van der Waals surface area contributed by atoms with Crippen molar-refractivity contribution in [3.8, 4) is 0 Å². The third-order valence-electron chi connectivity index (χ3n) is 3.26. The average molecular weight is 258 g/mol. The maximum Gasteiger partial charge on any atom is 0.161 e. The summed E-state index contributed by atoms with van der Waals surface area (Å²) in [5.41, 5.74) is 2.87. The van der Waals surface area contributed by atoms with Crippen molar-refractivity contribution >= 4 is 17.6 Å². The Balaban J connectivity index is 1.71. The lowest BCUT2D eigenvalue weighted by molar-refractivity contribution is 0.112. The lowest BCUT2D eigenvalue weighted by atomic mass is 10.0. The first-order chi connectivity index (χ1) is 8.85. The van der Waals surface area contributed by atoms with Crippen LogP contribution in [0.3, 0.4) is 0 Å². The molecule has 1 aromatic carbocycles. The Kier molecular flexibility index (Phi) is 3.21. The number of carbonyl (C=O) groups excluding carboxylic acids is 1. The van der Waals surface area contributed by atoms with Gasteiger partial charge < -0.3 is 0 Å². The summed E-state index contributed by atoms with van der Waals surface area (Å²) in [6.45, 7) is 2.88. The maximum atomic E-state index is 10.6. The van der Waals surface area contributed by atoms with E-state index in [0.29, 0.717) is 4.88 Å². The van der Waals surface area contributed by atoms with E-state index in [-0.39, 0.29) is 0 Å². The van der Waals surface area contributed by atoms with Crippen molar-refractivity contribution in [2.24, 2.45) is 0 Å². The van der Waals surface area contributed by atoms with E-state index in [2.05, 4.69) is 34.1 Å². The molecule has 0 N–H and O–H groups in total. The van der Waals surface area contributed by atoms with Gasteiger partial charge in [-0.05, 0) is 17.5 Å². The van der Waals surface area contributed by atoms with E-state index in [4.69, 9.17) is 0 Å². The van der Waals surface area contributed by atoms with Crippen molar-refractivity contribution in [2.45, 2.75) is 19.5 Å². The quantitative estimate of drug-likeness (QED) is 0.793. The molecule has 0 fully saturated rings. The number of rotatable bonds is 3. The molecule has 0 spiro atoms. The number of fused-ring (bicyclic) bond motifs is 1. The van der Waals surface area contributed by atoms with E-state index in [0.717, 1.165) is 37.3 Å². The Bertz CT molecular complexity index is 564. The molecular formula is C14H14N2OS. The van der Waals surface area contributed by atoms with Crippen LogP contribution in [0.1, 0.15) is 25.8 Å². The topological polar surface area (TPSA) is 33.2 Å². The summed E-state index contributed by atoms with van der Waals surface area (Å²) in [6, 6.07) is 8.60. The second-order valence-electron chi connectivity index (χ2n) is 4.50. The van der Waals surface area contributed by atoms with Crippen molar-refractivity contribution in [1.82, 2.24) is 9.88 Å². The minimum Gasteiger partial charge on any atom is -0.297 e. The molecule has 4 heteroatoms. The third-order valence-corrected chi connectivity index (χ3v) is 4.16. The highest BCUT2D eigenvalue weighted by Gasteiger charge is 2.16. The maximum absolute atomic E-state index is 10.6. The van der Waals surface area contributed by atoms with Crippen LogP contribution in [0.2, 0.25) is 0 Å². The molecule has 1 aromatic heterocycles. The fourth-order valence-electron chi connectivity index (χ4n) is 2.33. The van der Waals surface area contributed by atoms with E-state index in [9.17, 15) is 4.79 Å². The molecule has 0 unspecified atom stereocenters. The number of hydrogen-bond donors (Lipinski definition) is 0. The lowest BCUT2D eigenvalue weighted by Crippen LogP contribution is -2.29. The van der Waals surface area contributed by atoms with Crippen LogP contribution >= 0.6 is 11.3 Å². The first kappa shape index (κ1) is 11.6. The van der Waals surface area contributed by atoms with Gasteiger partial charge in [0.15, 0.2) is 6.29 Å². The molecule has 2 aromatic rings. The molecule has 0 atom stereocenters. The van der Waals surface area contributed by atoms with Crippen LogP contribution in [0.4, 0.5) is 0 Å². The van der Waals surface area contributed by atoms with Crippen molar-refractivity contribution in [3.63, 3.8) is 0 Å². The van der Waals surface area contributed by atoms with Crippen LogP contribution in [0.5, 0.6) is 0 Å². The minimum atomic E-state index is 0.711. The van der Waals surface area contributed by atoms with Gasteiger partial charge in [-0.25, -0.2) is 4.98 Å². The van der Waals surface area contributed by atoms with E-state index in [1.165, 1.54) is 22.5 Å². The smallest absolute Gasteiger partial charge is 0.161 e. The largest absolute Gasteiger partial charge is 0.297 e. The fraction of sp³-hybridized carbons (Fsp3) is 0.286. The van der Waals surface area contributed by atoms with Crippen LogP contribution < -0.4 is 0 Å². The predicted molar refractivity (Wildman–Crippen MR) is 71.8 cm³/mol. The zero-order chi connectivity index (χ0) is 12.4. The summed E-state index contributed by atoms with van der Waals surface area (Å²) in [5.74, 6) is 0. The SMILES string of the molecule is O=Cc1cnc(CN2CCc3ccccc3C2)s1. The average Bonchev–Trinajstić information content (AvgIpc) is 2.86. The van der Waals surface area contributed by atoms with Gasteiger partial charge in [-0.15, -0.1) is 11.3 Å². The van der Waals surface area contributed by atoms with Crippen molar-refractivity contribution in [3.05, 3.63) is 51.5 Å². The van der Waals surface area contributed by atoms with Crippen molar-refractivity contribution in [2.75, 3.05) is 6.54 Å². The molecule has 2 heterocycles. The Hall–Kier alpha value is -1.52. The second kappa shape index (κ2) is 5.00. The van der Waals surface area contributed by atoms with Crippen LogP contribution in [-0.4, -0.2) is 22.7 Å². The molecule has 92 valence electrons. The number of carbonyl (C=O) groups is 1. The zero-order valence-corrected chi connectivity index (χ0v) is 10.8. The lowest BCUT2D eigenvalue weighted by Gasteiger charge is -2.27. The van der Waals surface area contributed by atoms with Gasteiger partial charge in [0.2, 0.25) is 0 Å². The van der Waals surface area contributed by atoms with E-state index < -0.39 is 0 Å². The molecule has 0 saturated carbocycles. The second-order valence-corrected chi connectivity index (χ2v) is 5.65. The normalized spacial score (nSPS) is 15.3. The molecule has 0 amide bonds. The van der Waals surface area contributed by atoms with Gasteiger partial charge in [-0.2, -0.15) is 0 Å². The standard InChI is InChI=1S/C14H14N2OS/c17-10-13-7-15-14(18-13)9-16-6-5-11-3-1-2-4-12(11)8-16/h1-4,7,10H,5-6,8-9H2. The minimum absolute atomic E-state index is 0.711. The first-order valence-electron chi connectivity index (χ1n) is 6.04. The zero-order valence-electron chi connectivity index (χ0n) is 10.0. The van der Waals surface area contributed by atoms with Crippen molar-refractivity contribution in [1.29, 1.82) is 0 Å². The first-order valence-corrected chi connectivity index (χ1v) is 6.86. The summed E-state index contributed by atoms with van der Waals surface area (Å²) in [4.78, 5) is 18.0. The highest BCUT2D eigenvalue weighted by atomic mass is 32.1. The predicted octanol–water partition coefficient (Wildman–Crippen LogP) is 2.51. The third kappa shape index (κ3) is 2.35. The van der Waals surface area contributed by atoms with Crippen LogP contribution in [0.15, 0.2) is 30.5 Å². The number of aldehydes is 1. The Morgan fingerprint density at radius 3 is 2.94 bits per heavy atom. The Labute approximate surface area is 110 Å².